The first kappa shape index (κ1) is 13.2. The van der Waals surface area contributed by atoms with E-state index in [1.807, 2.05) is 18.2 Å². The van der Waals surface area contributed by atoms with Crippen LogP contribution < -0.4 is 0 Å². The van der Waals surface area contributed by atoms with E-state index in [1.165, 1.54) is 19.1 Å². The molecular weight excluding hydrogens is 238 g/mol. The van der Waals surface area contributed by atoms with E-state index in [2.05, 4.69) is 0 Å². The molecule has 3 atom stereocenters. The SMILES string of the molecule is C[C@@H]1C=C[C@H](O)[C@H](OCc2ccccc2)C1(F)F. The average molecular weight is 254 g/mol. The Hall–Kier alpha value is -1.26. The minimum atomic E-state index is -3.05. The number of alkyl halides is 2. The highest BCUT2D eigenvalue weighted by Crippen LogP contribution is 2.37. The summed E-state index contributed by atoms with van der Waals surface area (Å²) in [6.45, 7) is 1.49. The zero-order chi connectivity index (χ0) is 13.2. The van der Waals surface area contributed by atoms with Gasteiger partial charge < -0.3 is 9.84 Å². The lowest BCUT2D eigenvalue weighted by molar-refractivity contribution is -0.194. The second-order valence-corrected chi connectivity index (χ2v) is 4.56. The van der Waals surface area contributed by atoms with Gasteiger partial charge in [0.2, 0.25) is 0 Å². The van der Waals surface area contributed by atoms with Gasteiger partial charge in [0.05, 0.1) is 6.61 Å². The monoisotopic (exact) mass is 254 g/mol. The van der Waals surface area contributed by atoms with Gasteiger partial charge in [-0.25, -0.2) is 8.78 Å². The largest absolute Gasteiger partial charge is 0.386 e. The van der Waals surface area contributed by atoms with Gasteiger partial charge in [-0.3, -0.25) is 0 Å². The molecule has 1 aliphatic rings. The molecule has 0 aromatic heterocycles. The molecule has 0 saturated heterocycles. The molecule has 1 aromatic rings. The van der Waals surface area contributed by atoms with Gasteiger partial charge in [0.25, 0.3) is 5.92 Å². The van der Waals surface area contributed by atoms with Crippen molar-refractivity contribution >= 4 is 0 Å². The van der Waals surface area contributed by atoms with Crippen LogP contribution in [0.3, 0.4) is 0 Å². The zero-order valence-electron chi connectivity index (χ0n) is 10.1. The number of hydrogen-bond donors (Lipinski definition) is 1. The third-order valence-electron chi connectivity index (χ3n) is 3.17. The topological polar surface area (TPSA) is 29.5 Å². The summed E-state index contributed by atoms with van der Waals surface area (Å²) >= 11 is 0. The summed E-state index contributed by atoms with van der Waals surface area (Å²) in [6, 6.07) is 9.07. The molecule has 1 aliphatic carbocycles. The molecule has 0 heterocycles. The molecular formula is C14H16F2O2. The van der Waals surface area contributed by atoms with Crippen molar-refractivity contribution in [2.24, 2.45) is 5.92 Å². The van der Waals surface area contributed by atoms with Crippen molar-refractivity contribution in [3.63, 3.8) is 0 Å². The maximum absolute atomic E-state index is 13.9. The Balaban J connectivity index is 2.06. The molecule has 2 rings (SSSR count). The van der Waals surface area contributed by atoms with Crippen LogP contribution >= 0.6 is 0 Å². The summed E-state index contributed by atoms with van der Waals surface area (Å²) in [7, 11) is 0. The van der Waals surface area contributed by atoms with Crippen LogP contribution in [0.5, 0.6) is 0 Å². The number of rotatable bonds is 3. The lowest BCUT2D eigenvalue weighted by Crippen LogP contribution is -2.50. The Kier molecular flexibility index (Phi) is 3.78. The van der Waals surface area contributed by atoms with E-state index in [4.69, 9.17) is 4.74 Å². The Morgan fingerprint density at radius 1 is 1.22 bits per heavy atom. The Labute approximate surface area is 105 Å². The van der Waals surface area contributed by atoms with E-state index in [-0.39, 0.29) is 6.61 Å². The highest BCUT2D eigenvalue weighted by molar-refractivity contribution is 5.14. The molecule has 0 saturated carbocycles. The normalized spacial score (nSPS) is 30.3. The average Bonchev–Trinajstić information content (AvgIpc) is 2.35. The lowest BCUT2D eigenvalue weighted by atomic mass is 9.89. The lowest BCUT2D eigenvalue weighted by Gasteiger charge is -2.35. The number of halogens is 2. The summed E-state index contributed by atoms with van der Waals surface area (Å²) in [5, 5.41) is 9.61. The van der Waals surface area contributed by atoms with Gasteiger partial charge in [0, 0.05) is 5.92 Å². The summed E-state index contributed by atoms with van der Waals surface area (Å²) in [4.78, 5) is 0. The zero-order valence-corrected chi connectivity index (χ0v) is 10.1. The molecule has 0 bridgehead atoms. The molecule has 0 spiro atoms. The van der Waals surface area contributed by atoms with Crippen LogP contribution in [0.2, 0.25) is 0 Å². The van der Waals surface area contributed by atoms with E-state index in [9.17, 15) is 13.9 Å². The van der Waals surface area contributed by atoms with Crippen LogP contribution in [-0.4, -0.2) is 23.2 Å². The van der Waals surface area contributed by atoms with Crippen molar-refractivity contribution < 1.29 is 18.6 Å². The fraction of sp³-hybridized carbons (Fsp3) is 0.429. The molecule has 0 amide bonds. The van der Waals surface area contributed by atoms with Gasteiger partial charge in [-0.05, 0) is 5.56 Å². The van der Waals surface area contributed by atoms with E-state index >= 15 is 0 Å². The van der Waals surface area contributed by atoms with Crippen LogP contribution in [0, 0.1) is 5.92 Å². The predicted molar refractivity (Wildman–Crippen MR) is 64.3 cm³/mol. The van der Waals surface area contributed by atoms with E-state index in [0.29, 0.717) is 0 Å². The minimum Gasteiger partial charge on any atom is -0.386 e. The number of benzene rings is 1. The second kappa shape index (κ2) is 5.16. The van der Waals surface area contributed by atoms with Crippen molar-refractivity contribution in [3.8, 4) is 0 Å². The molecule has 0 fully saturated rings. The Bertz CT molecular complexity index is 417. The first-order valence-corrected chi connectivity index (χ1v) is 5.91. The van der Waals surface area contributed by atoms with Crippen LogP contribution in [0.25, 0.3) is 0 Å². The van der Waals surface area contributed by atoms with Crippen molar-refractivity contribution in [2.75, 3.05) is 0 Å². The van der Waals surface area contributed by atoms with E-state index in [1.54, 1.807) is 12.1 Å². The van der Waals surface area contributed by atoms with Crippen LogP contribution in [0.4, 0.5) is 8.78 Å². The van der Waals surface area contributed by atoms with Crippen molar-refractivity contribution in [2.45, 2.75) is 31.7 Å². The van der Waals surface area contributed by atoms with Gasteiger partial charge >= 0.3 is 0 Å². The molecule has 4 heteroatoms. The minimum absolute atomic E-state index is 0.0682. The fourth-order valence-corrected chi connectivity index (χ4v) is 1.97. The van der Waals surface area contributed by atoms with Crippen molar-refractivity contribution in [1.29, 1.82) is 0 Å². The summed E-state index contributed by atoms with van der Waals surface area (Å²) < 4.78 is 33.0. The van der Waals surface area contributed by atoms with Gasteiger partial charge in [-0.2, -0.15) is 0 Å². The highest BCUT2D eigenvalue weighted by atomic mass is 19.3. The van der Waals surface area contributed by atoms with E-state index in [0.717, 1.165) is 5.56 Å². The number of hydrogen-bond acceptors (Lipinski definition) is 2. The molecule has 1 N–H and O–H groups in total. The molecule has 98 valence electrons. The summed E-state index contributed by atoms with van der Waals surface area (Å²) in [5.41, 5.74) is 0.808. The van der Waals surface area contributed by atoms with Crippen molar-refractivity contribution in [1.82, 2.24) is 0 Å². The van der Waals surface area contributed by atoms with Gasteiger partial charge in [-0.15, -0.1) is 0 Å². The van der Waals surface area contributed by atoms with Crippen LogP contribution in [0.15, 0.2) is 42.5 Å². The second-order valence-electron chi connectivity index (χ2n) is 4.56. The first-order valence-electron chi connectivity index (χ1n) is 5.91. The number of aliphatic hydroxyl groups is 1. The third kappa shape index (κ3) is 2.60. The molecule has 0 radical (unpaired) electrons. The van der Waals surface area contributed by atoms with E-state index < -0.39 is 24.0 Å². The smallest absolute Gasteiger partial charge is 0.282 e. The molecule has 1 aromatic carbocycles. The van der Waals surface area contributed by atoms with Gasteiger partial charge in [0.1, 0.15) is 6.10 Å². The molecule has 0 aliphatic heterocycles. The molecule has 2 nitrogen and oxygen atoms in total. The maximum Gasteiger partial charge on any atom is 0.282 e. The highest BCUT2D eigenvalue weighted by Gasteiger charge is 2.50. The standard InChI is InChI=1S/C14H16F2O2/c1-10-7-8-12(17)13(14(10,15)16)18-9-11-5-3-2-4-6-11/h2-8,10,12-13,17H,9H2,1H3/t10-,12+,13+/m1/s1. The Morgan fingerprint density at radius 3 is 2.56 bits per heavy atom. The summed E-state index contributed by atoms with van der Waals surface area (Å²) in [6.07, 6.45) is -0.0530. The van der Waals surface area contributed by atoms with Crippen molar-refractivity contribution in [3.05, 3.63) is 48.0 Å². The number of ether oxygens (including phenoxy) is 1. The summed E-state index contributed by atoms with van der Waals surface area (Å²) in [5.74, 6) is -3.98. The Morgan fingerprint density at radius 2 is 1.89 bits per heavy atom. The quantitative estimate of drug-likeness (QED) is 0.840. The fourth-order valence-electron chi connectivity index (χ4n) is 1.97. The predicted octanol–water partition coefficient (Wildman–Crippen LogP) is 2.77. The van der Waals surface area contributed by atoms with Crippen LogP contribution in [-0.2, 0) is 11.3 Å². The molecule has 18 heavy (non-hydrogen) atoms. The molecule has 0 unspecified atom stereocenters. The number of allylic oxidation sites excluding steroid dienone is 1. The van der Waals surface area contributed by atoms with Gasteiger partial charge in [-0.1, -0.05) is 49.4 Å². The van der Waals surface area contributed by atoms with Gasteiger partial charge in [0.15, 0.2) is 6.10 Å². The van der Waals surface area contributed by atoms with Crippen LogP contribution in [0.1, 0.15) is 12.5 Å². The first-order chi connectivity index (χ1) is 8.51. The maximum atomic E-state index is 13.9. The number of aliphatic hydroxyl groups excluding tert-OH is 1. The third-order valence-corrected chi connectivity index (χ3v) is 3.17.